The molecule has 0 radical (unpaired) electrons. The van der Waals surface area contributed by atoms with Crippen molar-refractivity contribution in [1.82, 2.24) is 19.7 Å². The first-order valence-corrected chi connectivity index (χ1v) is 10.1. The van der Waals surface area contributed by atoms with Crippen LogP contribution in [0, 0.1) is 6.92 Å². The van der Waals surface area contributed by atoms with E-state index in [0.717, 1.165) is 37.9 Å². The number of aliphatic hydroxyl groups is 1. The molecule has 0 spiro atoms. The van der Waals surface area contributed by atoms with Gasteiger partial charge >= 0.3 is 0 Å². The molecule has 1 saturated heterocycles. The highest BCUT2D eigenvalue weighted by Crippen LogP contribution is 2.41. The predicted molar refractivity (Wildman–Crippen MR) is 100 cm³/mol. The highest BCUT2D eigenvalue weighted by molar-refractivity contribution is 8.00. The Balaban J connectivity index is 1.67. The Morgan fingerprint density at radius 3 is 2.77 bits per heavy atom. The molecule has 1 aromatic heterocycles. The van der Waals surface area contributed by atoms with Crippen LogP contribution in [0.15, 0.2) is 29.4 Å². The van der Waals surface area contributed by atoms with Crippen molar-refractivity contribution >= 4 is 17.7 Å². The second-order valence-corrected chi connectivity index (χ2v) is 8.19. The van der Waals surface area contributed by atoms with Crippen molar-refractivity contribution < 1.29 is 9.90 Å². The minimum Gasteiger partial charge on any atom is -0.393 e. The van der Waals surface area contributed by atoms with E-state index in [9.17, 15) is 9.90 Å². The van der Waals surface area contributed by atoms with Gasteiger partial charge in [0.1, 0.15) is 5.25 Å². The summed E-state index contributed by atoms with van der Waals surface area (Å²) < 4.78 is 1.48. The Hall–Kier alpha value is -1.70. The zero-order chi connectivity index (χ0) is 18.3. The van der Waals surface area contributed by atoms with E-state index >= 15 is 0 Å². The van der Waals surface area contributed by atoms with Crippen LogP contribution < -0.4 is 0 Å². The van der Waals surface area contributed by atoms with Gasteiger partial charge in [-0.05, 0) is 25.3 Å². The Labute approximate surface area is 157 Å². The van der Waals surface area contributed by atoms with Crippen molar-refractivity contribution in [2.45, 2.75) is 55.7 Å². The Bertz CT molecular complexity index is 814. The molecule has 2 aliphatic rings. The smallest absolute Gasteiger partial charge is 0.264 e. The maximum atomic E-state index is 13.1. The minimum atomic E-state index is -0.257. The van der Waals surface area contributed by atoms with Gasteiger partial charge in [-0.2, -0.15) is 4.68 Å². The van der Waals surface area contributed by atoms with Gasteiger partial charge < -0.3 is 5.11 Å². The lowest BCUT2D eigenvalue weighted by Crippen LogP contribution is -2.44. The number of benzene rings is 1. The minimum absolute atomic E-state index is 0.00910. The average Bonchev–Trinajstić information content (AvgIpc) is 3.17. The van der Waals surface area contributed by atoms with Crippen LogP contribution in [0.2, 0.25) is 0 Å². The normalized spacial score (nSPS) is 22.6. The van der Waals surface area contributed by atoms with Gasteiger partial charge in [-0.15, -0.1) is 5.10 Å². The predicted octanol–water partition coefficient (Wildman–Crippen LogP) is 2.46. The van der Waals surface area contributed by atoms with E-state index in [-0.39, 0.29) is 23.3 Å². The first-order chi connectivity index (χ1) is 12.6. The molecular formula is C19H24N4O2S. The van der Waals surface area contributed by atoms with Gasteiger partial charge in [0, 0.05) is 19.5 Å². The highest BCUT2D eigenvalue weighted by Gasteiger charge is 2.43. The summed E-state index contributed by atoms with van der Waals surface area (Å²) in [6.45, 7) is 5.65. The van der Waals surface area contributed by atoms with Crippen LogP contribution in [0.3, 0.4) is 0 Å². The second kappa shape index (κ2) is 7.13. The molecule has 6 nitrogen and oxygen atoms in total. The standard InChI is InChI=1S/C19H24N4O2S/c1-3-15-20-19-23(21-15)18(25)17(26-19)16(13-6-4-5-12(2)11-13)22-9-7-14(24)8-10-22/h4-6,11,14,16-17,24H,3,7-10H2,1-2H3. The molecule has 1 N–H and O–H groups in total. The van der Waals surface area contributed by atoms with E-state index in [0.29, 0.717) is 11.0 Å². The van der Waals surface area contributed by atoms with E-state index in [1.54, 1.807) is 0 Å². The Morgan fingerprint density at radius 1 is 1.35 bits per heavy atom. The lowest BCUT2D eigenvalue weighted by Gasteiger charge is -2.38. The van der Waals surface area contributed by atoms with Crippen LogP contribution in [-0.4, -0.2) is 55.1 Å². The van der Waals surface area contributed by atoms with E-state index < -0.39 is 0 Å². The quantitative estimate of drug-likeness (QED) is 0.889. The zero-order valence-corrected chi connectivity index (χ0v) is 15.9. The van der Waals surface area contributed by atoms with Crippen molar-refractivity contribution in [2.75, 3.05) is 13.1 Å². The Morgan fingerprint density at radius 2 is 2.12 bits per heavy atom. The van der Waals surface area contributed by atoms with Gasteiger partial charge in [0.2, 0.25) is 0 Å². The van der Waals surface area contributed by atoms with Crippen LogP contribution in [0.1, 0.15) is 47.6 Å². The lowest BCUT2D eigenvalue weighted by molar-refractivity contribution is 0.0551. The maximum absolute atomic E-state index is 13.1. The van der Waals surface area contributed by atoms with Gasteiger partial charge in [0.05, 0.1) is 12.1 Å². The fourth-order valence-corrected chi connectivity index (χ4v) is 5.06. The summed E-state index contributed by atoms with van der Waals surface area (Å²) >= 11 is 1.52. The van der Waals surface area contributed by atoms with Crippen LogP contribution in [0.25, 0.3) is 0 Å². The summed E-state index contributed by atoms with van der Waals surface area (Å²) in [5, 5.41) is 14.7. The molecule has 7 heteroatoms. The number of aryl methyl sites for hydroxylation is 2. The fourth-order valence-electron chi connectivity index (χ4n) is 3.79. The first kappa shape index (κ1) is 17.7. The van der Waals surface area contributed by atoms with Crippen molar-refractivity contribution in [3.05, 3.63) is 41.2 Å². The summed E-state index contributed by atoms with van der Waals surface area (Å²) in [5.74, 6) is 0.724. The number of nitrogens with zero attached hydrogens (tertiary/aromatic N) is 4. The van der Waals surface area contributed by atoms with E-state index in [1.165, 1.54) is 22.0 Å². The number of likely N-dealkylation sites (tertiary alicyclic amines) is 1. The summed E-state index contributed by atoms with van der Waals surface area (Å²) in [6.07, 6.45) is 1.98. The van der Waals surface area contributed by atoms with Crippen molar-refractivity contribution in [2.24, 2.45) is 0 Å². The molecule has 1 aromatic carbocycles. The third kappa shape index (κ3) is 3.19. The lowest BCUT2D eigenvalue weighted by atomic mass is 9.96. The van der Waals surface area contributed by atoms with Crippen LogP contribution in [0.4, 0.5) is 0 Å². The monoisotopic (exact) mass is 372 g/mol. The third-order valence-electron chi connectivity index (χ3n) is 5.18. The number of rotatable bonds is 4. The van der Waals surface area contributed by atoms with Gasteiger partial charge in [-0.1, -0.05) is 48.5 Å². The van der Waals surface area contributed by atoms with Crippen molar-refractivity contribution in [3.8, 4) is 0 Å². The number of carbonyl (C=O) groups is 1. The number of thioether (sulfide) groups is 1. The molecule has 0 aliphatic carbocycles. The summed E-state index contributed by atoms with van der Waals surface area (Å²) in [6, 6.07) is 8.35. The number of fused-ring (bicyclic) bond motifs is 1. The van der Waals surface area contributed by atoms with Crippen LogP contribution in [0.5, 0.6) is 0 Å². The molecule has 2 atom stereocenters. The van der Waals surface area contributed by atoms with E-state index in [1.807, 2.05) is 13.0 Å². The molecule has 3 heterocycles. The third-order valence-corrected chi connectivity index (χ3v) is 6.37. The molecule has 2 aromatic rings. The number of aromatic nitrogens is 3. The van der Waals surface area contributed by atoms with Gasteiger partial charge in [-0.3, -0.25) is 9.69 Å². The molecule has 0 bridgehead atoms. The molecule has 0 amide bonds. The number of hydrogen-bond donors (Lipinski definition) is 1. The average molecular weight is 372 g/mol. The molecule has 2 aliphatic heterocycles. The molecule has 26 heavy (non-hydrogen) atoms. The first-order valence-electron chi connectivity index (χ1n) is 9.22. The fraction of sp³-hybridized carbons (Fsp3) is 0.526. The largest absolute Gasteiger partial charge is 0.393 e. The molecule has 4 rings (SSSR count). The molecule has 2 unspecified atom stereocenters. The zero-order valence-electron chi connectivity index (χ0n) is 15.1. The molecule has 138 valence electrons. The number of carbonyl (C=O) groups excluding carboxylic acids is 1. The maximum Gasteiger partial charge on any atom is 0.264 e. The van der Waals surface area contributed by atoms with Gasteiger partial charge in [0.25, 0.3) is 5.91 Å². The number of piperidine rings is 1. The molecule has 1 fully saturated rings. The summed E-state index contributed by atoms with van der Waals surface area (Å²) in [5.41, 5.74) is 2.33. The second-order valence-electron chi connectivity index (χ2n) is 7.08. The SMILES string of the molecule is CCc1nc2n(n1)C(=O)C(C(c1cccc(C)c1)N1CCC(O)CC1)S2. The molecule has 0 saturated carbocycles. The van der Waals surface area contributed by atoms with Crippen molar-refractivity contribution in [3.63, 3.8) is 0 Å². The summed E-state index contributed by atoms with van der Waals surface area (Å²) in [7, 11) is 0. The van der Waals surface area contributed by atoms with Gasteiger partial charge in [-0.25, -0.2) is 4.98 Å². The topological polar surface area (TPSA) is 71.2 Å². The van der Waals surface area contributed by atoms with E-state index in [2.05, 4.69) is 40.1 Å². The van der Waals surface area contributed by atoms with Gasteiger partial charge in [0.15, 0.2) is 11.0 Å². The van der Waals surface area contributed by atoms with E-state index in [4.69, 9.17) is 0 Å². The Kier molecular flexibility index (Phi) is 4.86. The van der Waals surface area contributed by atoms with Crippen LogP contribution in [-0.2, 0) is 6.42 Å². The molecular weight excluding hydrogens is 348 g/mol. The number of aliphatic hydroxyl groups excluding tert-OH is 1. The van der Waals surface area contributed by atoms with Crippen LogP contribution >= 0.6 is 11.8 Å². The highest BCUT2D eigenvalue weighted by atomic mass is 32.2. The number of hydrogen-bond acceptors (Lipinski definition) is 6. The van der Waals surface area contributed by atoms with Crippen molar-refractivity contribution in [1.29, 1.82) is 0 Å². The summed E-state index contributed by atoms with van der Waals surface area (Å²) in [4.78, 5) is 19.9.